The van der Waals surface area contributed by atoms with Crippen molar-refractivity contribution in [1.29, 1.82) is 0 Å². The molecular formula is C54H31B2N3O4. The molecule has 0 saturated carbocycles. The summed E-state index contributed by atoms with van der Waals surface area (Å²) >= 11 is 0. The van der Waals surface area contributed by atoms with Gasteiger partial charge in [0.05, 0.1) is 22.7 Å². The van der Waals surface area contributed by atoms with E-state index >= 15 is 0 Å². The Kier molecular flexibility index (Phi) is 6.46. The molecule has 0 amide bonds. The quantitative estimate of drug-likeness (QED) is 0.165. The molecule has 0 aromatic heterocycles. The predicted octanol–water partition coefficient (Wildman–Crippen LogP) is 10.2. The van der Waals surface area contributed by atoms with Gasteiger partial charge in [0.1, 0.15) is 17.2 Å². The number of benzene rings is 9. The molecule has 6 heterocycles. The van der Waals surface area contributed by atoms with Crippen molar-refractivity contribution in [2.75, 3.05) is 14.7 Å². The van der Waals surface area contributed by atoms with Gasteiger partial charge in [0.25, 0.3) is 13.4 Å². The maximum atomic E-state index is 7.45. The molecule has 15 rings (SSSR count). The van der Waals surface area contributed by atoms with Crippen molar-refractivity contribution in [3.8, 4) is 46.0 Å². The summed E-state index contributed by atoms with van der Waals surface area (Å²) in [6.07, 6.45) is 0. The largest absolute Gasteiger partial charge is 0.456 e. The van der Waals surface area contributed by atoms with Crippen molar-refractivity contribution in [1.82, 2.24) is 0 Å². The summed E-state index contributed by atoms with van der Waals surface area (Å²) in [5.41, 5.74) is 15.7. The SMILES string of the molecule is c1ccc(N(c2ccccc2)c2c3c(cc4c2Oc2ccc5c6c2B4c2ccccc2N6c2ccccc2O5)B2c4ccccc4N4c5ccccc5Oc5ccc(c2c54)O3)cc1. The van der Waals surface area contributed by atoms with Crippen LogP contribution in [-0.4, -0.2) is 13.4 Å². The van der Waals surface area contributed by atoms with Crippen LogP contribution in [0.15, 0.2) is 188 Å². The fraction of sp³-hybridized carbons (Fsp3) is 0. The van der Waals surface area contributed by atoms with E-state index in [2.05, 4.69) is 178 Å². The number of rotatable bonds is 3. The molecule has 0 saturated heterocycles. The molecule has 0 aliphatic carbocycles. The summed E-state index contributed by atoms with van der Waals surface area (Å²) in [6, 6.07) is 65.9. The van der Waals surface area contributed by atoms with Gasteiger partial charge in [-0.25, -0.2) is 0 Å². The first-order valence-corrected chi connectivity index (χ1v) is 21.4. The van der Waals surface area contributed by atoms with Crippen molar-refractivity contribution < 1.29 is 18.9 Å². The van der Waals surface area contributed by atoms with E-state index in [1.807, 2.05) is 24.3 Å². The van der Waals surface area contributed by atoms with Crippen LogP contribution in [0.3, 0.4) is 0 Å². The van der Waals surface area contributed by atoms with Crippen molar-refractivity contribution >= 4 is 97.4 Å². The zero-order chi connectivity index (χ0) is 40.9. The normalized spacial score (nSPS) is 14.1. The van der Waals surface area contributed by atoms with Gasteiger partial charge >= 0.3 is 0 Å². The first-order chi connectivity index (χ1) is 31.3. The highest BCUT2D eigenvalue weighted by atomic mass is 16.5. The van der Waals surface area contributed by atoms with E-state index < -0.39 is 0 Å². The molecule has 0 atom stereocenters. The van der Waals surface area contributed by atoms with Gasteiger partial charge in [-0.3, -0.25) is 0 Å². The average molecular weight is 807 g/mol. The maximum Gasteiger partial charge on any atom is 0.256 e. The van der Waals surface area contributed by atoms with E-state index in [9.17, 15) is 0 Å². The third-order valence-electron chi connectivity index (χ3n) is 13.5. The second-order valence-corrected chi connectivity index (χ2v) is 16.7. The third-order valence-corrected chi connectivity index (χ3v) is 13.5. The second kappa shape index (κ2) is 12.2. The summed E-state index contributed by atoms with van der Waals surface area (Å²) in [4.78, 5) is 7.04. The average Bonchev–Trinajstić information content (AvgIpc) is 3.34. The Labute approximate surface area is 363 Å². The van der Waals surface area contributed by atoms with Crippen molar-refractivity contribution in [2.45, 2.75) is 0 Å². The Morgan fingerprint density at radius 3 is 1.21 bits per heavy atom. The second-order valence-electron chi connectivity index (χ2n) is 16.7. The van der Waals surface area contributed by atoms with Crippen LogP contribution in [0, 0.1) is 0 Å². The molecule has 0 radical (unpaired) electrons. The van der Waals surface area contributed by atoms with Crippen LogP contribution < -0.4 is 66.4 Å². The summed E-state index contributed by atoms with van der Waals surface area (Å²) in [5.74, 6) is 6.34. The lowest BCUT2D eigenvalue weighted by molar-refractivity contribution is 0.458. The minimum absolute atomic E-state index is 0.200. The molecule has 9 aromatic rings. The number of hydrogen-bond donors (Lipinski definition) is 0. The van der Waals surface area contributed by atoms with Gasteiger partial charge in [0, 0.05) is 33.7 Å². The van der Waals surface area contributed by atoms with Gasteiger partial charge in [0.2, 0.25) is 0 Å². The molecule has 6 aliphatic heterocycles. The lowest BCUT2D eigenvalue weighted by atomic mass is 9.31. The van der Waals surface area contributed by atoms with E-state index in [0.717, 1.165) is 119 Å². The standard InChI is InChI=1S/C54H31B2N3O4/c1-3-15-32(16-4-1)57(33-17-5-2-6-18-33)52-53-36(55-34-19-7-9-21-38(34)58-40-23-11-13-25-42(40)60-46-29-27-44(62-53)48(55)50(46)58)31-37-54(52)63-45-28-30-47-51-49(45)56(37)35-20-8-10-22-39(35)59(51)41-24-12-14-26-43(41)61-47/h1-31H. The van der Waals surface area contributed by atoms with Crippen LogP contribution in [0.4, 0.5) is 51.2 Å². The van der Waals surface area contributed by atoms with Crippen molar-refractivity contribution in [3.63, 3.8) is 0 Å². The van der Waals surface area contributed by atoms with E-state index in [0.29, 0.717) is 0 Å². The number of ether oxygens (including phenoxy) is 4. The van der Waals surface area contributed by atoms with Crippen LogP contribution in [0.5, 0.6) is 46.0 Å². The van der Waals surface area contributed by atoms with Gasteiger partial charge in [-0.2, -0.15) is 0 Å². The van der Waals surface area contributed by atoms with Gasteiger partial charge in [-0.1, -0.05) is 103 Å². The smallest absolute Gasteiger partial charge is 0.256 e. The van der Waals surface area contributed by atoms with Crippen LogP contribution in [0.25, 0.3) is 0 Å². The molecule has 6 aliphatic rings. The molecule has 0 N–H and O–H groups in total. The molecule has 292 valence electrons. The van der Waals surface area contributed by atoms with E-state index in [-0.39, 0.29) is 13.4 Å². The number of hydrogen-bond acceptors (Lipinski definition) is 7. The van der Waals surface area contributed by atoms with Crippen molar-refractivity contribution in [3.05, 3.63) is 188 Å². The highest BCUT2D eigenvalue weighted by Gasteiger charge is 2.51. The molecule has 0 spiro atoms. The summed E-state index contributed by atoms with van der Waals surface area (Å²) < 4.78 is 28.4. The van der Waals surface area contributed by atoms with Crippen molar-refractivity contribution in [2.24, 2.45) is 0 Å². The van der Waals surface area contributed by atoms with E-state index in [1.54, 1.807) is 0 Å². The molecule has 0 unspecified atom stereocenters. The molecule has 63 heavy (non-hydrogen) atoms. The minimum atomic E-state index is -0.200. The van der Waals surface area contributed by atoms with Crippen LogP contribution >= 0.6 is 0 Å². The fourth-order valence-electron chi connectivity index (χ4n) is 11.1. The predicted molar refractivity (Wildman–Crippen MR) is 253 cm³/mol. The lowest BCUT2D eigenvalue weighted by Gasteiger charge is -2.45. The first kappa shape index (κ1) is 33.4. The molecule has 9 heteroatoms. The Hall–Kier alpha value is -8.29. The zero-order valence-electron chi connectivity index (χ0n) is 33.5. The highest BCUT2D eigenvalue weighted by Crippen LogP contribution is 2.57. The van der Waals surface area contributed by atoms with Crippen LogP contribution in [0.1, 0.15) is 0 Å². The van der Waals surface area contributed by atoms with E-state index in [4.69, 9.17) is 18.9 Å². The number of anilines is 9. The Bertz CT molecular complexity index is 3250. The molecule has 0 fully saturated rings. The van der Waals surface area contributed by atoms with Gasteiger partial charge in [0.15, 0.2) is 34.5 Å². The molecular weight excluding hydrogens is 776 g/mol. The molecule has 7 nitrogen and oxygen atoms in total. The topological polar surface area (TPSA) is 46.6 Å². The number of fused-ring (bicyclic) bond motifs is 14. The fourth-order valence-corrected chi connectivity index (χ4v) is 11.1. The Morgan fingerprint density at radius 1 is 0.333 bits per heavy atom. The Morgan fingerprint density at radius 2 is 0.730 bits per heavy atom. The maximum absolute atomic E-state index is 7.45. The van der Waals surface area contributed by atoms with Gasteiger partial charge in [-0.15, -0.1) is 0 Å². The third kappa shape index (κ3) is 4.35. The Balaban J connectivity index is 1.06. The number of nitrogens with zero attached hydrogens (tertiary/aromatic N) is 3. The monoisotopic (exact) mass is 807 g/mol. The number of para-hydroxylation sites is 8. The van der Waals surface area contributed by atoms with Crippen LogP contribution in [0.2, 0.25) is 0 Å². The summed E-state index contributed by atoms with van der Waals surface area (Å²) in [6.45, 7) is -0.400. The van der Waals surface area contributed by atoms with Gasteiger partial charge in [-0.05, 0) is 107 Å². The van der Waals surface area contributed by atoms with Gasteiger partial charge < -0.3 is 33.6 Å². The molecule has 0 bridgehead atoms. The highest BCUT2D eigenvalue weighted by molar-refractivity contribution is 7.02. The first-order valence-electron chi connectivity index (χ1n) is 21.4. The minimum Gasteiger partial charge on any atom is -0.456 e. The lowest BCUT2D eigenvalue weighted by Crippen LogP contribution is -2.63. The summed E-state index contributed by atoms with van der Waals surface area (Å²) in [5, 5.41) is 0. The van der Waals surface area contributed by atoms with Crippen LogP contribution in [-0.2, 0) is 0 Å². The zero-order valence-corrected chi connectivity index (χ0v) is 33.5. The molecule has 9 aromatic carbocycles. The van der Waals surface area contributed by atoms with E-state index in [1.165, 1.54) is 10.9 Å². The summed E-state index contributed by atoms with van der Waals surface area (Å²) in [7, 11) is 0.